The van der Waals surface area contributed by atoms with E-state index in [9.17, 15) is 0 Å². The van der Waals surface area contributed by atoms with Crippen molar-refractivity contribution in [3.63, 3.8) is 0 Å². The Labute approximate surface area is 144 Å². The van der Waals surface area contributed by atoms with Gasteiger partial charge in [-0.25, -0.2) is 9.67 Å². The molecule has 25 heavy (non-hydrogen) atoms. The second kappa shape index (κ2) is 6.60. The first-order chi connectivity index (χ1) is 12.3. The summed E-state index contributed by atoms with van der Waals surface area (Å²) in [7, 11) is 0. The summed E-state index contributed by atoms with van der Waals surface area (Å²) < 4.78 is 3.81. The summed E-state index contributed by atoms with van der Waals surface area (Å²) in [6.07, 6.45) is 6.32. The van der Waals surface area contributed by atoms with E-state index >= 15 is 0 Å². The predicted octanol–water partition coefficient (Wildman–Crippen LogP) is 2.10. The SMILES string of the molecule is Nc1nc(NCCCn2cnc3ccccc32)cc(-n2cccn2)n1. The number of para-hydroxylation sites is 2. The lowest BCUT2D eigenvalue weighted by Gasteiger charge is -2.09. The van der Waals surface area contributed by atoms with E-state index in [1.807, 2.05) is 42.9 Å². The van der Waals surface area contributed by atoms with Gasteiger partial charge >= 0.3 is 0 Å². The molecule has 8 nitrogen and oxygen atoms in total. The Hall–Kier alpha value is -3.42. The molecular formula is C17H18N8. The molecule has 0 radical (unpaired) electrons. The molecule has 3 N–H and O–H groups in total. The molecule has 0 fully saturated rings. The molecule has 126 valence electrons. The van der Waals surface area contributed by atoms with Gasteiger partial charge in [-0.1, -0.05) is 12.1 Å². The number of benzene rings is 1. The Balaban J connectivity index is 1.39. The van der Waals surface area contributed by atoms with E-state index in [2.05, 4.69) is 36.0 Å². The summed E-state index contributed by atoms with van der Waals surface area (Å²) in [5.41, 5.74) is 7.96. The van der Waals surface area contributed by atoms with Crippen molar-refractivity contribution in [3.05, 3.63) is 55.1 Å². The molecule has 3 heterocycles. The van der Waals surface area contributed by atoms with Crippen molar-refractivity contribution in [2.24, 2.45) is 0 Å². The standard InChI is InChI=1S/C17H18N8/c18-17-22-15(11-16(23-17)25-10-4-8-21-25)19-7-3-9-24-12-20-13-5-1-2-6-14(13)24/h1-2,4-6,8,10-12H,3,7,9H2,(H3,18,19,22,23). The minimum absolute atomic E-state index is 0.219. The van der Waals surface area contributed by atoms with Gasteiger partial charge in [-0.15, -0.1) is 0 Å². The fraction of sp³-hybridized carbons (Fsp3) is 0.176. The highest BCUT2D eigenvalue weighted by Gasteiger charge is 2.05. The predicted molar refractivity (Wildman–Crippen MR) is 96.4 cm³/mol. The molecule has 0 saturated heterocycles. The minimum atomic E-state index is 0.219. The maximum atomic E-state index is 5.79. The van der Waals surface area contributed by atoms with Crippen LogP contribution in [0, 0.1) is 0 Å². The Kier molecular flexibility index (Phi) is 3.99. The molecule has 0 amide bonds. The average Bonchev–Trinajstić information content (AvgIpc) is 3.28. The van der Waals surface area contributed by atoms with Crippen molar-refractivity contribution >= 4 is 22.8 Å². The average molecular weight is 334 g/mol. The van der Waals surface area contributed by atoms with E-state index in [4.69, 9.17) is 5.73 Å². The summed E-state index contributed by atoms with van der Waals surface area (Å²) >= 11 is 0. The summed E-state index contributed by atoms with van der Waals surface area (Å²) in [4.78, 5) is 12.8. The number of imidazole rings is 1. The van der Waals surface area contributed by atoms with Crippen molar-refractivity contribution in [1.29, 1.82) is 0 Å². The monoisotopic (exact) mass is 334 g/mol. The second-order valence-electron chi connectivity index (χ2n) is 5.63. The molecule has 0 unspecified atom stereocenters. The van der Waals surface area contributed by atoms with Crippen LogP contribution in [0.1, 0.15) is 6.42 Å². The Bertz CT molecular complexity index is 973. The van der Waals surface area contributed by atoms with Crippen LogP contribution in [0.2, 0.25) is 0 Å². The van der Waals surface area contributed by atoms with Gasteiger partial charge in [0.1, 0.15) is 5.82 Å². The van der Waals surface area contributed by atoms with Crippen molar-refractivity contribution < 1.29 is 0 Å². The van der Waals surface area contributed by atoms with Crippen LogP contribution in [0.25, 0.3) is 16.9 Å². The van der Waals surface area contributed by atoms with Crippen LogP contribution in [0.5, 0.6) is 0 Å². The first-order valence-corrected chi connectivity index (χ1v) is 8.08. The van der Waals surface area contributed by atoms with Crippen LogP contribution < -0.4 is 11.1 Å². The third-order valence-corrected chi connectivity index (χ3v) is 3.88. The molecule has 3 aromatic heterocycles. The number of anilines is 2. The van der Waals surface area contributed by atoms with Crippen LogP contribution in [-0.4, -0.2) is 35.8 Å². The van der Waals surface area contributed by atoms with E-state index in [1.54, 1.807) is 10.9 Å². The molecule has 0 aliphatic carbocycles. The second-order valence-corrected chi connectivity index (χ2v) is 5.63. The number of hydrogen-bond donors (Lipinski definition) is 2. The van der Waals surface area contributed by atoms with Gasteiger partial charge in [0.05, 0.1) is 17.4 Å². The van der Waals surface area contributed by atoms with E-state index in [0.717, 1.165) is 30.5 Å². The molecule has 0 atom stereocenters. The number of fused-ring (bicyclic) bond motifs is 1. The van der Waals surface area contributed by atoms with Gasteiger partial charge in [0.15, 0.2) is 5.82 Å². The van der Waals surface area contributed by atoms with Crippen LogP contribution in [0.15, 0.2) is 55.1 Å². The smallest absolute Gasteiger partial charge is 0.224 e. The number of nitrogen functional groups attached to an aromatic ring is 1. The molecule has 0 bridgehead atoms. The van der Waals surface area contributed by atoms with Gasteiger partial charge in [-0.05, 0) is 24.6 Å². The summed E-state index contributed by atoms with van der Waals surface area (Å²) in [5, 5.41) is 7.45. The van der Waals surface area contributed by atoms with Gasteiger partial charge in [-0.3, -0.25) is 0 Å². The van der Waals surface area contributed by atoms with Crippen LogP contribution in [-0.2, 0) is 6.54 Å². The maximum absolute atomic E-state index is 5.79. The molecular weight excluding hydrogens is 316 g/mol. The number of hydrogen-bond acceptors (Lipinski definition) is 6. The van der Waals surface area contributed by atoms with Gasteiger partial charge in [0, 0.05) is 31.5 Å². The molecule has 0 spiro atoms. The lowest BCUT2D eigenvalue weighted by molar-refractivity contribution is 0.676. The minimum Gasteiger partial charge on any atom is -0.370 e. The lowest BCUT2D eigenvalue weighted by Crippen LogP contribution is -2.10. The summed E-state index contributed by atoms with van der Waals surface area (Å²) in [6.45, 7) is 1.64. The molecule has 1 aromatic carbocycles. The van der Waals surface area contributed by atoms with E-state index in [-0.39, 0.29) is 5.95 Å². The topological polar surface area (TPSA) is 99.5 Å². The summed E-state index contributed by atoms with van der Waals surface area (Å²) in [6, 6.07) is 11.8. The van der Waals surface area contributed by atoms with Gasteiger partial charge in [-0.2, -0.15) is 15.1 Å². The number of nitrogens with one attached hydrogen (secondary N) is 1. The van der Waals surface area contributed by atoms with E-state index in [0.29, 0.717) is 11.6 Å². The highest BCUT2D eigenvalue weighted by atomic mass is 15.3. The normalized spacial score (nSPS) is 11.0. The van der Waals surface area contributed by atoms with Crippen LogP contribution in [0.3, 0.4) is 0 Å². The Morgan fingerprint density at radius 1 is 1.12 bits per heavy atom. The highest BCUT2D eigenvalue weighted by molar-refractivity contribution is 5.74. The highest BCUT2D eigenvalue weighted by Crippen LogP contribution is 2.13. The number of nitrogens with zero attached hydrogens (tertiary/aromatic N) is 6. The first kappa shape index (κ1) is 15.1. The van der Waals surface area contributed by atoms with Gasteiger partial charge in [0.2, 0.25) is 5.95 Å². The van der Waals surface area contributed by atoms with Crippen molar-refractivity contribution in [1.82, 2.24) is 29.3 Å². The summed E-state index contributed by atoms with van der Waals surface area (Å²) in [5.74, 6) is 1.55. The fourth-order valence-corrected chi connectivity index (χ4v) is 2.72. The van der Waals surface area contributed by atoms with E-state index < -0.39 is 0 Å². The lowest BCUT2D eigenvalue weighted by atomic mass is 10.3. The molecule has 8 heteroatoms. The first-order valence-electron chi connectivity index (χ1n) is 8.08. The number of aromatic nitrogens is 6. The van der Waals surface area contributed by atoms with Crippen molar-refractivity contribution in [3.8, 4) is 5.82 Å². The zero-order chi connectivity index (χ0) is 17.1. The number of nitrogens with two attached hydrogens (primary N) is 1. The van der Waals surface area contributed by atoms with Crippen molar-refractivity contribution in [2.75, 3.05) is 17.6 Å². The third-order valence-electron chi connectivity index (χ3n) is 3.88. The number of rotatable bonds is 6. The van der Waals surface area contributed by atoms with Crippen LogP contribution >= 0.6 is 0 Å². The molecule has 4 aromatic rings. The zero-order valence-corrected chi connectivity index (χ0v) is 13.6. The third kappa shape index (κ3) is 3.27. The molecule has 0 aliphatic rings. The zero-order valence-electron chi connectivity index (χ0n) is 13.6. The van der Waals surface area contributed by atoms with Gasteiger partial charge in [0.25, 0.3) is 0 Å². The fourth-order valence-electron chi connectivity index (χ4n) is 2.72. The Morgan fingerprint density at radius 2 is 2.04 bits per heavy atom. The molecule has 0 aliphatic heterocycles. The molecule has 0 saturated carbocycles. The maximum Gasteiger partial charge on any atom is 0.224 e. The Morgan fingerprint density at radius 3 is 2.92 bits per heavy atom. The quantitative estimate of drug-likeness (QED) is 0.524. The molecule has 4 rings (SSSR count). The van der Waals surface area contributed by atoms with Gasteiger partial charge < -0.3 is 15.6 Å². The van der Waals surface area contributed by atoms with Crippen LogP contribution in [0.4, 0.5) is 11.8 Å². The van der Waals surface area contributed by atoms with Crippen molar-refractivity contribution in [2.45, 2.75) is 13.0 Å². The number of aryl methyl sites for hydroxylation is 1. The largest absolute Gasteiger partial charge is 0.370 e. The van der Waals surface area contributed by atoms with E-state index in [1.165, 1.54) is 0 Å².